The molecule has 20 heavy (non-hydrogen) atoms. The molecule has 0 aliphatic rings. The zero-order valence-electron chi connectivity index (χ0n) is 10.8. The van der Waals surface area contributed by atoms with Gasteiger partial charge in [-0.1, -0.05) is 0 Å². The Morgan fingerprint density at radius 2 is 1.90 bits per heavy atom. The van der Waals surface area contributed by atoms with Crippen LogP contribution in [0.25, 0.3) is 0 Å². The second-order valence-corrected chi connectivity index (χ2v) is 3.83. The van der Waals surface area contributed by atoms with E-state index in [0.29, 0.717) is 17.9 Å². The van der Waals surface area contributed by atoms with Crippen molar-refractivity contribution in [2.24, 2.45) is 0 Å². The minimum absolute atomic E-state index is 0.0770. The molecule has 0 aliphatic heterocycles. The number of nitrogens with zero attached hydrogens (tertiary/aromatic N) is 3. The highest BCUT2D eigenvalue weighted by molar-refractivity contribution is 5.89. The Labute approximate surface area is 115 Å². The van der Waals surface area contributed by atoms with Crippen LogP contribution in [0.4, 0.5) is 23.3 Å². The van der Waals surface area contributed by atoms with E-state index in [-0.39, 0.29) is 23.6 Å². The minimum atomic E-state index is -0.367. The van der Waals surface area contributed by atoms with Crippen LogP contribution >= 0.6 is 0 Å². The number of rotatable bonds is 4. The van der Waals surface area contributed by atoms with Crippen LogP contribution in [0.2, 0.25) is 0 Å². The monoisotopic (exact) mass is 274 g/mol. The molecule has 2 rings (SSSR count). The molecule has 0 amide bonds. The fraction of sp³-hybridized carbons (Fsp3) is 0.167. The van der Waals surface area contributed by atoms with Gasteiger partial charge in [-0.2, -0.15) is 4.98 Å². The van der Waals surface area contributed by atoms with E-state index in [4.69, 9.17) is 16.2 Å². The van der Waals surface area contributed by atoms with Crippen molar-refractivity contribution in [1.29, 1.82) is 0 Å². The molecular formula is C12H14N6O2. The predicted molar refractivity (Wildman–Crippen MR) is 74.3 cm³/mol. The van der Waals surface area contributed by atoms with Gasteiger partial charge < -0.3 is 21.5 Å². The van der Waals surface area contributed by atoms with Gasteiger partial charge in [0.15, 0.2) is 11.6 Å². The molecule has 104 valence electrons. The zero-order valence-corrected chi connectivity index (χ0v) is 10.8. The van der Waals surface area contributed by atoms with Crippen LogP contribution < -0.4 is 16.8 Å². The van der Waals surface area contributed by atoms with Gasteiger partial charge >= 0.3 is 5.97 Å². The first-order valence-electron chi connectivity index (χ1n) is 5.90. The third-order valence-electron chi connectivity index (χ3n) is 2.39. The first kappa shape index (κ1) is 13.5. The quantitative estimate of drug-likeness (QED) is 0.703. The lowest BCUT2D eigenvalue weighted by Gasteiger charge is -2.06. The molecule has 8 heteroatoms. The molecule has 0 bridgehead atoms. The van der Waals surface area contributed by atoms with Crippen molar-refractivity contribution < 1.29 is 9.53 Å². The lowest BCUT2D eigenvalue weighted by molar-refractivity contribution is 0.0526. The molecule has 0 unspecified atom stereocenters. The standard InChI is InChI=1S/C12H14N6O2/c1-2-20-11(19)7-3-5-8(6-4-7)15-12-16-9(13)10(14)17-18-12/h3-6H,2H2,1H3,(H2,14,17)(H3,13,15,16,18). The van der Waals surface area contributed by atoms with Gasteiger partial charge in [0.2, 0.25) is 5.95 Å². The van der Waals surface area contributed by atoms with E-state index in [1.165, 1.54) is 0 Å². The molecule has 0 aliphatic carbocycles. The molecule has 0 saturated carbocycles. The molecule has 2 aromatic rings. The van der Waals surface area contributed by atoms with Crippen molar-refractivity contribution >= 4 is 29.2 Å². The molecule has 1 aromatic heterocycles. The fourth-order valence-electron chi connectivity index (χ4n) is 1.43. The van der Waals surface area contributed by atoms with Crippen LogP contribution in [0.5, 0.6) is 0 Å². The average molecular weight is 274 g/mol. The number of hydrogen-bond acceptors (Lipinski definition) is 8. The summed E-state index contributed by atoms with van der Waals surface area (Å²) in [6, 6.07) is 6.66. The molecule has 5 N–H and O–H groups in total. The van der Waals surface area contributed by atoms with Gasteiger partial charge in [0, 0.05) is 5.69 Å². The molecule has 0 spiro atoms. The van der Waals surface area contributed by atoms with Crippen LogP contribution in [0.1, 0.15) is 17.3 Å². The van der Waals surface area contributed by atoms with Crippen LogP contribution in [0, 0.1) is 0 Å². The topological polar surface area (TPSA) is 129 Å². The number of hydrogen-bond donors (Lipinski definition) is 3. The molecule has 0 atom stereocenters. The predicted octanol–water partition coefficient (Wildman–Crippen LogP) is 0.956. The number of aromatic nitrogens is 3. The highest BCUT2D eigenvalue weighted by Gasteiger charge is 2.07. The van der Waals surface area contributed by atoms with Crippen molar-refractivity contribution in [3.63, 3.8) is 0 Å². The second kappa shape index (κ2) is 5.83. The summed E-state index contributed by atoms with van der Waals surface area (Å²) < 4.78 is 4.89. The summed E-state index contributed by atoms with van der Waals surface area (Å²) in [4.78, 5) is 15.4. The van der Waals surface area contributed by atoms with Crippen molar-refractivity contribution in [2.75, 3.05) is 23.4 Å². The van der Waals surface area contributed by atoms with Gasteiger partial charge in [-0.05, 0) is 31.2 Å². The van der Waals surface area contributed by atoms with E-state index in [0.717, 1.165) is 0 Å². The van der Waals surface area contributed by atoms with Gasteiger partial charge in [0.25, 0.3) is 0 Å². The number of carbonyl (C=O) groups excluding carboxylic acids is 1. The maximum atomic E-state index is 11.5. The van der Waals surface area contributed by atoms with Crippen LogP contribution in [0.15, 0.2) is 24.3 Å². The Hall–Kier alpha value is -2.90. The van der Waals surface area contributed by atoms with Gasteiger partial charge in [-0.3, -0.25) is 0 Å². The average Bonchev–Trinajstić information content (AvgIpc) is 2.44. The smallest absolute Gasteiger partial charge is 0.338 e. The molecular weight excluding hydrogens is 260 g/mol. The molecule has 8 nitrogen and oxygen atoms in total. The number of nitrogen functional groups attached to an aromatic ring is 2. The summed E-state index contributed by atoms with van der Waals surface area (Å²) in [6.45, 7) is 2.09. The second-order valence-electron chi connectivity index (χ2n) is 3.83. The SMILES string of the molecule is CCOC(=O)c1ccc(Nc2nnc(N)c(N)n2)cc1. The Morgan fingerprint density at radius 3 is 2.50 bits per heavy atom. The van der Waals surface area contributed by atoms with E-state index in [2.05, 4.69) is 20.5 Å². The maximum Gasteiger partial charge on any atom is 0.338 e. The number of carbonyl (C=O) groups is 1. The number of nitrogens with two attached hydrogens (primary N) is 2. The summed E-state index contributed by atoms with van der Waals surface area (Å²) >= 11 is 0. The summed E-state index contributed by atoms with van der Waals surface area (Å²) in [6.07, 6.45) is 0. The summed E-state index contributed by atoms with van der Waals surface area (Å²) in [5, 5.41) is 10.3. The van der Waals surface area contributed by atoms with Crippen molar-refractivity contribution in [3.8, 4) is 0 Å². The number of ether oxygens (including phenoxy) is 1. The molecule has 1 aromatic carbocycles. The normalized spacial score (nSPS) is 10.1. The zero-order chi connectivity index (χ0) is 14.5. The van der Waals surface area contributed by atoms with E-state index >= 15 is 0 Å². The summed E-state index contributed by atoms with van der Waals surface area (Å²) in [5.41, 5.74) is 12.1. The Kier molecular flexibility index (Phi) is 3.94. The summed E-state index contributed by atoms with van der Waals surface area (Å²) in [5.74, 6) is 0.0353. The van der Waals surface area contributed by atoms with Gasteiger partial charge in [-0.25, -0.2) is 4.79 Å². The highest BCUT2D eigenvalue weighted by Crippen LogP contribution is 2.16. The molecule has 1 heterocycles. The lowest BCUT2D eigenvalue weighted by atomic mass is 10.2. The van der Waals surface area contributed by atoms with E-state index < -0.39 is 0 Å². The Balaban J connectivity index is 2.10. The van der Waals surface area contributed by atoms with Crippen molar-refractivity contribution in [1.82, 2.24) is 15.2 Å². The van der Waals surface area contributed by atoms with Gasteiger partial charge in [-0.15, -0.1) is 10.2 Å². The number of nitrogens with one attached hydrogen (secondary N) is 1. The fourth-order valence-corrected chi connectivity index (χ4v) is 1.43. The maximum absolute atomic E-state index is 11.5. The Morgan fingerprint density at radius 1 is 1.20 bits per heavy atom. The first-order valence-corrected chi connectivity index (χ1v) is 5.90. The Bertz CT molecular complexity index is 614. The van der Waals surface area contributed by atoms with Gasteiger partial charge in [0.05, 0.1) is 12.2 Å². The number of esters is 1. The lowest BCUT2D eigenvalue weighted by Crippen LogP contribution is -2.07. The van der Waals surface area contributed by atoms with Crippen LogP contribution in [-0.2, 0) is 4.74 Å². The van der Waals surface area contributed by atoms with E-state index in [1.54, 1.807) is 31.2 Å². The number of benzene rings is 1. The number of anilines is 4. The highest BCUT2D eigenvalue weighted by atomic mass is 16.5. The molecule has 0 saturated heterocycles. The third kappa shape index (κ3) is 3.10. The third-order valence-corrected chi connectivity index (χ3v) is 2.39. The molecule has 0 radical (unpaired) electrons. The van der Waals surface area contributed by atoms with Gasteiger partial charge in [0.1, 0.15) is 0 Å². The first-order chi connectivity index (χ1) is 9.60. The largest absolute Gasteiger partial charge is 0.462 e. The van der Waals surface area contributed by atoms with E-state index in [9.17, 15) is 4.79 Å². The van der Waals surface area contributed by atoms with Crippen LogP contribution in [-0.4, -0.2) is 27.8 Å². The molecule has 0 fully saturated rings. The minimum Gasteiger partial charge on any atom is -0.462 e. The van der Waals surface area contributed by atoms with E-state index in [1.807, 2.05) is 0 Å². The van der Waals surface area contributed by atoms with Crippen molar-refractivity contribution in [2.45, 2.75) is 6.92 Å². The van der Waals surface area contributed by atoms with Crippen molar-refractivity contribution in [3.05, 3.63) is 29.8 Å². The van der Waals surface area contributed by atoms with Crippen LogP contribution in [0.3, 0.4) is 0 Å². The summed E-state index contributed by atoms with van der Waals surface area (Å²) in [7, 11) is 0.